The number of carbonyl (C=O) groups is 2. The molecule has 2 heterocycles. The minimum Gasteiger partial charge on any atom is -0.345 e. The van der Waals surface area contributed by atoms with Gasteiger partial charge in [-0.2, -0.15) is 0 Å². The molecule has 0 spiro atoms. The lowest BCUT2D eigenvalue weighted by Crippen LogP contribution is -2.24. The zero-order chi connectivity index (χ0) is 21.7. The Kier molecular flexibility index (Phi) is 7.70. The van der Waals surface area contributed by atoms with Gasteiger partial charge in [-0.3, -0.25) is 9.59 Å². The van der Waals surface area contributed by atoms with Gasteiger partial charge in [0.15, 0.2) is 16.1 Å². The lowest BCUT2D eigenvalue weighted by Gasteiger charge is -2.09. The number of nitrogens with one attached hydrogen (secondary N) is 2. The van der Waals surface area contributed by atoms with Gasteiger partial charge in [-0.05, 0) is 32.0 Å². The largest absolute Gasteiger partial charge is 0.345 e. The molecule has 0 radical (unpaired) electrons. The van der Waals surface area contributed by atoms with Crippen LogP contribution in [0.25, 0.3) is 0 Å². The highest BCUT2D eigenvalue weighted by molar-refractivity contribution is 7.99. The molecule has 0 aliphatic rings. The topological polar surface area (TPSA) is 102 Å². The van der Waals surface area contributed by atoms with Crippen LogP contribution < -0.4 is 10.6 Å². The SMILES string of the molecule is CCn1c(CNC(=O)c2ccc(Cl)c(Cl)c2)nnc1SCC(=O)Nc1nc(C)cs1. The van der Waals surface area contributed by atoms with Crippen molar-refractivity contribution in [3.63, 3.8) is 0 Å². The number of aryl methyl sites for hydroxylation is 1. The molecule has 0 saturated heterocycles. The van der Waals surface area contributed by atoms with E-state index in [1.165, 1.54) is 29.2 Å². The maximum absolute atomic E-state index is 12.3. The predicted octanol–water partition coefficient (Wildman–Crippen LogP) is 4.03. The van der Waals surface area contributed by atoms with Crippen LogP contribution in [-0.4, -0.2) is 37.3 Å². The molecule has 0 bridgehead atoms. The van der Waals surface area contributed by atoms with E-state index in [0.29, 0.717) is 38.3 Å². The number of rotatable bonds is 8. The number of benzene rings is 1. The molecule has 8 nitrogen and oxygen atoms in total. The lowest BCUT2D eigenvalue weighted by atomic mass is 10.2. The summed E-state index contributed by atoms with van der Waals surface area (Å²) in [5.41, 5.74) is 1.26. The number of amides is 2. The number of thioether (sulfide) groups is 1. The summed E-state index contributed by atoms with van der Waals surface area (Å²) >= 11 is 14.5. The standard InChI is InChI=1S/C18H18Cl2N6O2S2/c1-3-26-14(7-21-16(28)11-4-5-12(19)13(20)6-11)24-25-18(26)30-9-15(27)23-17-22-10(2)8-29-17/h4-6,8H,3,7,9H2,1-2H3,(H,21,28)(H,22,23,27). The van der Waals surface area contributed by atoms with E-state index in [0.717, 1.165) is 5.69 Å². The number of aromatic nitrogens is 4. The van der Waals surface area contributed by atoms with Crippen molar-refractivity contribution < 1.29 is 9.59 Å². The zero-order valence-electron chi connectivity index (χ0n) is 16.1. The first-order valence-electron chi connectivity index (χ1n) is 8.87. The van der Waals surface area contributed by atoms with Crippen LogP contribution >= 0.6 is 46.3 Å². The van der Waals surface area contributed by atoms with Gasteiger partial charge in [-0.15, -0.1) is 21.5 Å². The summed E-state index contributed by atoms with van der Waals surface area (Å²) in [7, 11) is 0. The Hall–Kier alpha value is -2.14. The molecule has 12 heteroatoms. The van der Waals surface area contributed by atoms with Gasteiger partial charge in [0.1, 0.15) is 0 Å². The number of halogens is 2. The summed E-state index contributed by atoms with van der Waals surface area (Å²) in [6, 6.07) is 4.67. The lowest BCUT2D eigenvalue weighted by molar-refractivity contribution is -0.113. The molecule has 0 aliphatic carbocycles. The van der Waals surface area contributed by atoms with Crippen LogP contribution in [0, 0.1) is 6.92 Å². The summed E-state index contributed by atoms with van der Waals surface area (Å²) in [4.78, 5) is 28.7. The summed E-state index contributed by atoms with van der Waals surface area (Å²) in [5.74, 6) is 0.289. The Morgan fingerprint density at radius 2 is 2.03 bits per heavy atom. The van der Waals surface area contributed by atoms with Crippen LogP contribution in [0.15, 0.2) is 28.7 Å². The quantitative estimate of drug-likeness (QED) is 0.467. The van der Waals surface area contributed by atoms with Gasteiger partial charge >= 0.3 is 0 Å². The second-order valence-electron chi connectivity index (χ2n) is 6.09. The van der Waals surface area contributed by atoms with Gasteiger partial charge < -0.3 is 15.2 Å². The summed E-state index contributed by atoms with van der Waals surface area (Å²) in [6.45, 7) is 4.59. The number of nitrogens with zero attached hydrogens (tertiary/aromatic N) is 4. The van der Waals surface area contributed by atoms with E-state index in [9.17, 15) is 9.59 Å². The Balaban J connectivity index is 1.57. The van der Waals surface area contributed by atoms with Crippen molar-refractivity contribution in [1.29, 1.82) is 0 Å². The molecular formula is C18H18Cl2N6O2S2. The van der Waals surface area contributed by atoms with Crippen LogP contribution in [0.4, 0.5) is 5.13 Å². The van der Waals surface area contributed by atoms with Gasteiger partial charge in [-0.25, -0.2) is 4.98 Å². The van der Waals surface area contributed by atoms with Crippen molar-refractivity contribution in [3.05, 3.63) is 50.7 Å². The van der Waals surface area contributed by atoms with Gasteiger partial charge in [0, 0.05) is 17.5 Å². The van der Waals surface area contributed by atoms with E-state index < -0.39 is 0 Å². The van der Waals surface area contributed by atoms with Crippen molar-refractivity contribution >= 4 is 63.2 Å². The smallest absolute Gasteiger partial charge is 0.251 e. The Labute approximate surface area is 191 Å². The number of thiazole rings is 1. The van der Waals surface area contributed by atoms with E-state index in [-0.39, 0.29) is 24.1 Å². The molecule has 1 aromatic carbocycles. The van der Waals surface area contributed by atoms with Crippen LogP contribution in [0.3, 0.4) is 0 Å². The molecule has 158 valence electrons. The second kappa shape index (κ2) is 10.3. The van der Waals surface area contributed by atoms with Crippen molar-refractivity contribution in [2.45, 2.75) is 32.1 Å². The minimum atomic E-state index is -0.299. The molecule has 3 rings (SSSR count). The second-order valence-corrected chi connectivity index (χ2v) is 8.70. The van der Waals surface area contributed by atoms with Gasteiger partial charge in [0.2, 0.25) is 5.91 Å². The number of hydrogen-bond acceptors (Lipinski definition) is 7. The third-order valence-corrected chi connectivity index (χ3v) is 6.48. The normalized spacial score (nSPS) is 10.8. The monoisotopic (exact) mass is 484 g/mol. The molecule has 2 N–H and O–H groups in total. The Bertz CT molecular complexity index is 1070. The highest BCUT2D eigenvalue weighted by Gasteiger charge is 2.15. The van der Waals surface area contributed by atoms with Gasteiger partial charge in [-0.1, -0.05) is 35.0 Å². The van der Waals surface area contributed by atoms with E-state index in [4.69, 9.17) is 23.2 Å². The van der Waals surface area contributed by atoms with Crippen LogP contribution in [0.2, 0.25) is 10.0 Å². The molecule has 2 aromatic heterocycles. The maximum Gasteiger partial charge on any atom is 0.251 e. The van der Waals surface area contributed by atoms with E-state index in [1.54, 1.807) is 12.1 Å². The zero-order valence-corrected chi connectivity index (χ0v) is 19.3. The first kappa shape index (κ1) is 22.5. The minimum absolute atomic E-state index is 0.172. The first-order chi connectivity index (χ1) is 14.4. The third kappa shape index (κ3) is 5.72. The highest BCUT2D eigenvalue weighted by Crippen LogP contribution is 2.23. The molecule has 3 aromatic rings. The van der Waals surface area contributed by atoms with Crippen molar-refractivity contribution in [2.75, 3.05) is 11.1 Å². The molecule has 0 fully saturated rings. The fourth-order valence-corrected chi connectivity index (χ4v) is 4.29. The van der Waals surface area contributed by atoms with Crippen molar-refractivity contribution in [2.24, 2.45) is 0 Å². The molecule has 0 aliphatic heterocycles. The molecule has 0 atom stereocenters. The highest BCUT2D eigenvalue weighted by atomic mass is 35.5. The average molecular weight is 485 g/mol. The molecule has 30 heavy (non-hydrogen) atoms. The number of anilines is 1. The van der Waals surface area contributed by atoms with Crippen LogP contribution in [0.5, 0.6) is 0 Å². The third-order valence-electron chi connectivity index (χ3n) is 3.90. The van der Waals surface area contributed by atoms with E-state index in [1.807, 2.05) is 23.8 Å². The van der Waals surface area contributed by atoms with E-state index in [2.05, 4.69) is 25.8 Å². The first-order valence-corrected chi connectivity index (χ1v) is 11.5. The molecular weight excluding hydrogens is 467 g/mol. The Morgan fingerprint density at radius 3 is 2.70 bits per heavy atom. The van der Waals surface area contributed by atoms with Crippen molar-refractivity contribution in [1.82, 2.24) is 25.1 Å². The average Bonchev–Trinajstić information content (AvgIpc) is 3.31. The predicted molar refractivity (Wildman–Crippen MR) is 120 cm³/mol. The molecule has 0 unspecified atom stereocenters. The van der Waals surface area contributed by atoms with Gasteiger partial charge in [0.05, 0.1) is 28.0 Å². The summed E-state index contributed by atoms with van der Waals surface area (Å²) in [6.07, 6.45) is 0. The Morgan fingerprint density at radius 1 is 1.23 bits per heavy atom. The summed E-state index contributed by atoms with van der Waals surface area (Å²) < 4.78 is 1.85. The summed E-state index contributed by atoms with van der Waals surface area (Å²) in [5, 5.41) is 17.6. The van der Waals surface area contributed by atoms with Gasteiger partial charge in [0.25, 0.3) is 5.91 Å². The van der Waals surface area contributed by atoms with Crippen LogP contribution in [0.1, 0.15) is 28.8 Å². The fraction of sp³-hybridized carbons (Fsp3) is 0.278. The number of carbonyl (C=O) groups excluding carboxylic acids is 2. The molecule has 2 amide bonds. The maximum atomic E-state index is 12.3. The fourth-order valence-electron chi connectivity index (χ4n) is 2.47. The molecule has 0 saturated carbocycles. The number of hydrogen-bond donors (Lipinski definition) is 2. The van der Waals surface area contributed by atoms with Crippen molar-refractivity contribution in [3.8, 4) is 0 Å². The van der Waals surface area contributed by atoms with E-state index >= 15 is 0 Å². The van der Waals surface area contributed by atoms with Crippen LogP contribution in [-0.2, 0) is 17.9 Å².